The van der Waals surface area contributed by atoms with Crippen molar-refractivity contribution in [2.45, 2.75) is 142 Å². The predicted octanol–water partition coefficient (Wildman–Crippen LogP) is 8.21. The summed E-state index contributed by atoms with van der Waals surface area (Å²) in [5.74, 6) is 1.22. The quantitative estimate of drug-likeness (QED) is 0.0949. The molecular weight excluding hydrogens is 667 g/mol. The number of rotatable bonds is 16. The Morgan fingerprint density at radius 2 is 1.56 bits per heavy atom. The Labute approximate surface area is 311 Å². The normalized spacial score (nSPS) is 40.2. The Morgan fingerprint density at radius 1 is 0.846 bits per heavy atom. The van der Waals surface area contributed by atoms with Gasteiger partial charge < -0.3 is 42.6 Å². The number of hydrogen-bond donors (Lipinski definition) is 0. The smallest absolute Gasteiger partial charge is 0.187 e. The second kappa shape index (κ2) is 17.1. The van der Waals surface area contributed by atoms with E-state index in [-0.39, 0.29) is 55.3 Å². The minimum Gasteiger partial charge on any atom is -0.376 e. The van der Waals surface area contributed by atoms with Crippen molar-refractivity contribution in [3.8, 4) is 0 Å². The number of fused-ring (bicyclic) bond motifs is 5. The monoisotopic (exact) mass is 732 g/mol. The summed E-state index contributed by atoms with van der Waals surface area (Å²) in [7, 11) is 1.68. The number of aryl methyl sites for hydroxylation is 1. The van der Waals surface area contributed by atoms with Crippen LogP contribution in [-0.2, 0) is 42.6 Å². The summed E-state index contributed by atoms with van der Waals surface area (Å²) >= 11 is 0. The first-order chi connectivity index (χ1) is 25.1. The molecule has 10 heteroatoms. The maximum atomic E-state index is 14.7. The van der Waals surface area contributed by atoms with Gasteiger partial charge in [-0.1, -0.05) is 26.0 Å². The Morgan fingerprint density at radius 3 is 2.27 bits per heavy atom. The van der Waals surface area contributed by atoms with Crippen LogP contribution in [-0.4, -0.2) is 89.7 Å². The molecule has 9 nitrogen and oxygen atoms in total. The third kappa shape index (κ3) is 7.42. The molecule has 0 aromatic heterocycles. The molecule has 3 saturated carbocycles. The van der Waals surface area contributed by atoms with Crippen molar-refractivity contribution in [3.63, 3.8) is 0 Å². The molecule has 0 spiro atoms. The Bertz CT molecular complexity index is 1360. The fourth-order valence-corrected chi connectivity index (χ4v) is 11.1. The zero-order valence-electron chi connectivity index (χ0n) is 33.0. The van der Waals surface area contributed by atoms with Gasteiger partial charge in [-0.2, -0.15) is 0 Å². The standard InChI is InChI=1S/C42H65FO9/c1-9-45-24-48-36-28(5)51-39(38(37(36)44-8)49-25-46-10-2)52-31-16-19-40(6)29(22-31)13-15-35-34(40)17-20-41(7)33(32-23-30(43)14-12-27(32)4)18-21-42(35,41)50-26-47-11-3/h12,14,18,23,28-29,31,34-39H,9-11,13,15-17,19-22,24-26H2,1-8H3/t28-,29+,31-,34-,35+,36-,37+,38-,39-,40-,41+,42-/m0/s1. The molecule has 5 aliphatic rings. The topological polar surface area (TPSA) is 83.1 Å². The van der Waals surface area contributed by atoms with Gasteiger partial charge in [-0.15, -0.1) is 0 Å². The molecule has 1 aromatic rings. The number of benzene rings is 1. The summed E-state index contributed by atoms with van der Waals surface area (Å²) in [6.07, 6.45) is 8.35. The minimum atomic E-state index is -0.613. The molecule has 0 amide bonds. The van der Waals surface area contributed by atoms with Crippen molar-refractivity contribution in [2.24, 2.45) is 28.6 Å². The van der Waals surface area contributed by atoms with Gasteiger partial charge >= 0.3 is 0 Å². The molecule has 4 fully saturated rings. The van der Waals surface area contributed by atoms with Crippen molar-refractivity contribution < 1.29 is 47.0 Å². The Kier molecular flexibility index (Phi) is 13.2. The molecule has 6 rings (SSSR count). The lowest BCUT2D eigenvalue weighted by molar-refractivity contribution is -0.339. The van der Waals surface area contributed by atoms with Crippen LogP contribution in [0.3, 0.4) is 0 Å². The second-order valence-electron chi connectivity index (χ2n) is 16.2. The third-order valence-corrected chi connectivity index (χ3v) is 13.9. The van der Waals surface area contributed by atoms with Crippen molar-refractivity contribution in [3.05, 3.63) is 41.2 Å². The van der Waals surface area contributed by atoms with E-state index in [1.54, 1.807) is 19.2 Å². The lowest BCUT2D eigenvalue weighted by Gasteiger charge is -2.64. The largest absolute Gasteiger partial charge is 0.376 e. The van der Waals surface area contributed by atoms with Gasteiger partial charge in [0.05, 0.1) is 17.8 Å². The van der Waals surface area contributed by atoms with Gasteiger partial charge in [-0.3, -0.25) is 0 Å². The van der Waals surface area contributed by atoms with E-state index >= 15 is 0 Å². The van der Waals surface area contributed by atoms with Gasteiger partial charge in [0.2, 0.25) is 0 Å². The van der Waals surface area contributed by atoms with Gasteiger partial charge in [-0.25, -0.2) is 4.39 Å². The molecule has 4 aliphatic carbocycles. The van der Waals surface area contributed by atoms with Crippen molar-refractivity contribution >= 4 is 5.57 Å². The fraction of sp³-hybridized carbons (Fsp3) is 0.810. The summed E-state index contributed by atoms with van der Waals surface area (Å²) in [6, 6.07) is 5.20. The van der Waals surface area contributed by atoms with Crippen LogP contribution in [0.25, 0.3) is 5.57 Å². The van der Waals surface area contributed by atoms with E-state index in [1.165, 1.54) is 5.57 Å². The predicted molar refractivity (Wildman–Crippen MR) is 196 cm³/mol. The lowest BCUT2D eigenvalue weighted by atomic mass is 9.43. The molecule has 1 aliphatic heterocycles. The molecule has 294 valence electrons. The SMILES string of the molecule is CCOCO[C@@H]1[C@H](O[C@H]2CC[C@@]3(C)[C@H](CC[C@@H]4[C@@H]3CC[C@]3(C)C(c5cc(F)ccc5C)=CC[C@]43OCOCC)C2)O[C@@H](C)[C@H](OCOCC)[C@H]1OC. The first-order valence-electron chi connectivity index (χ1n) is 20.0. The summed E-state index contributed by atoms with van der Waals surface area (Å²) in [5.41, 5.74) is 2.90. The van der Waals surface area contributed by atoms with Crippen LogP contribution in [0.15, 0.2) is 24.3 Å². The van der Waals surface area contributed by atoms with E-state index in [0.717, 1.165) is 62.5 Å². The molecule has 1 heterocycles. The zero-order chi connectivity index (χ0) is 37.1. The molecular formula is C42H65FO9. The molecule has 0 N–H and O–H groups in total. The van der Waals surface area contributed by atoms with Crippen LogP contribution in [0.1, 0.15) is 104 Å². The Hall–Kier alpha value is -1.47. The second-order valence-corrected chi connectivity index (χ2v) is 16.2. The van der Waals surface area contributed by atoms with Gasteiger partial charge in [-0.05, 0) is 138 Å². The summed E-state index contributed by atoms with van der Waals surface area (Å²) < 4.78 is 70.4. The van der Waals surface area contributed by atoms with Gasteiger partial charge in [0.1, 0.15) is 44.5 Å². The average Bonchev–Trinajstić information content (AvgIpc) is 3.43. The molecule has 1 aromatic carbocycles. The van der Waals surface area contributed by atoms with E-state index in [9.17, 15) is 4.39 Å². The molecule has 0 bridgehead atoms. The number of hydrogen-bond acceptors (Lipinski definition) is 9. The maximum Gasteiger partial charge on any atom is 0.187 e. The highest BCUT2D eigenvalue weighted by Gasteiger charge is 2.67. The van der Waals surface area contributed by atoms with E-state index in [0.29, 0.717) is 37.6 Å². The van der Waals surface area contributed by atoms with Crippen LogP contribution in [0, 0.1) is 41.3 Å². The van der Waals surface area contributed by atoms with E-state index in [1.807, 2.05) is 33.8 Å². The summed E-state index contributed by atoms with van der Waals surface area (Å²) in [4.78, 5) is 0. The zero-order valence-corrected chi connectivity index (χ0v) is 33.0. The molecule has 0 radical (unpaired) electrons. The van der Waals surface area contributed by atoms with Crippen LogP contribution >= 0.6 is 0 Å². The molecule has 12 atom stereocenters. The summed E-state index contributed by atoms with van der Waals surface area (Å²) in [6.45, 7) is 17.2. The lowest BCUT2D eigenvalue weighted by Crippen LogP contribution is -2.63. The van der Waals surface area contributed by atoms with Gasteiger partial charge in [0.25, 0.3) is 0 Å². The minimum absolute atomic E-state index is 0.0381. The molecule has 1 saturated heterocycles. The van der Waals surface area contributed by atoms with Crippen LogP contribution in [0.5, 0.6) is 0 Å². The van der Waals surface area contributed by atoms with E-state index in [2.05, 4.69) is 26.8 Å². The van der Waals surface area contributed by atoms with Gasteiger partial charge in [0.15, 0.2) is 6.29 Å². The number of halogens is 1. The third-order valence-electron chi connectivity index (χ3n) is 13.9. The van der Waals surface area contributed by atoms with E-state index in [4.69, 9.17) is 42.6 Å². The highest BCUT2D eigenvalue weighted by Crippen LogP contribution is 2.70. The fourth-order valence-electron chi connectivity index (χ4n) is 11.1. The first kappa shape index (κ1) is 40.2. The van der Waals surface area contributed by atoms with Crippen molar-refractivity contribution in [1.82, 2.24) is 0 Å². The number of methoxy groups -OCH3 is 1. The first-order valence-corrected chi connectivity index (χ1v) is 20.0. The highest BCUT2D eigenvalue weighted by atomic mass is 19.1. The van der Waals surface area contributed by atoms with Crippen molar-refractivity contribution in [1.29, 1.82) is 0 Å². The van der Waals surface area contributed by atoms with Crippen molar-refractivity contribution in [2.75, 3.05) is 47.3 Å². The molecule has 0 unspecified atom stereocenters. The highest BCUT2D eigenvalue weighted by molar-refractivity contribution is 5.76. The van der Waals surface area contributed by atoms with Crippen LogP contribution in [0.2, 0.25) is 0 Å². The number of ether oxygens (including phenoxy) is 9. The van der Waals surface area contributed by atoms with E-state index < -0.39 is 24.1 Å². The van der Waals surface area contributed by atoms with Crippen LogP contribution < -0.4 is 0 Å². The van der Waals surface area contributed by atoms with Crippen LogP contribution in [0.4, 0.5) is 4.39 Å². The summed E-state index contributed by atoms with van der Waals surface area (Å²) in [5, 5.41) is 0. The maximum absolute atomic E-state index is 14.7. The van der Waals surface area contributed by atoms with Gasteiger partial charge in [0, 0.05) is 32.3 Å². The average molecular weight is 733 g/mol. The molecule has 52 heavy (non-hydrogen) atoms. The Balaban J connectivity index is 1.19.